The molecule has 2 nitrogen and oxygen atoms in total. The van der Waals surface area contributed by atoms with Crippen molar-refractivity contribution in [2.24, 2.45) is 0 Å². The second-order valence-electron chi connectivity index (χ2n) is 4.77. The summed E-state index contributed by atoms with van der Waals surface area (Å²) in [5.74, 6) is -3.98. The van der Waals surface area contributed by atoms with Crippen LogP contribution in [0.4, 0.5) is 23.2 Å². The van der Waals surface area contributed by atoms with Crippen LogP contribution in [-0.4, -0.2) is 24.9 Å². The molecular weight excluding hydrogens is 310 g/mol. The number of nitrogens with one attached hydrogen (secondary N) is 1. The molecule has 23 heavy (non-hydrogen) atoms. The minimum Gasteiger partial charge on any atom is -0.376 e. The largest absolute Gasteiger partial charge is 0.376 e. The number of Topliss-reactive ketones (excluding diaryl/α,β-unsaturated/α-hetero) is 1. The Morgan fingerprint density at radius 1 is 1.26 bits per heavy atom. The normalized spacial score (nSPS) is 11.4. The lowest BCUT2D eigenvalue weighted by atomic mass is 10.0. The van der Waals surface area contributed by atoms with Gasteiger partial charge in [-0.3, -0.25) is 9.18 Å². The highest BCUT2D eigenvalue weighted by molar-refractivity contribution is 5.96. The molecule has 0 aromatic heterocycles. The Morgan fingerprint density at radius 2 is 1.74 bits per heavy atom. The van der Waals surface area contributed by atoms with E-state index in [-0.39, 0.29) is 23.5 Å². The molecular formula is C17H27F4NO. The van der Waals surface area contributed by atoms with Crippen LogP contribution in [0.25, 0.3) is 0 Å². The summed E-state index contributed by atoms with van der Waals surface area (Å²) in [6.45, 7) is 9.30. The molecule has 6 heteroatoms. The Bertz CT molecular complexity index is 461. The topological polar surface area (TPSA) is 29.1 Å². The molecule has 0 radical (unpaired) electrons. The maximum atomic E-state index is 13.8. The number of hydrogen-bond donors (Lipinski definition) is 1. The zero-order valence-electron chi connectivity index (χ0n) is 14.9. The maximum absolute atomic E-state index is 13.8. The van der Waals surface area contributed by atoms with Gasteiger partial charge < -0.3 is 5.32 Å². The van der Waals surface area contributed by atoms with Gasteiger partial charge in [0, 0.05) is 12.6 Å². The predicted octanol–water partition coefficient (Wildman–Crippen LogP) is 5.79. The molecule has 0 saturated heterocycles. The van der Waals surface area contributed by atoms with Crippen LogP contribution in [-0.2, 0) is 0 Å². The van der Waals surface area contributed by atoms with Gasteiger partial charge in [-0.2, -0.15) is 0 Å². The zero-order chi connectivity index (χ0) is 18.8. The molecule has 1 N–H and O–H groups in total. The zero-order valence-corrected chi connectivity index (χ0v) is 14.9. The molecule has 1 atom stereocenters. The van der Waals surface area contributed by atoms with Gasteiger partial charge in [-0.1, -0.05) is 20.8 Å². The number of ketones is 1. The fourth-order valence-corrected chi connectivity index (χ4v) is 2.06. The molecule has 0 bridgehead atoms. The number of hydrogen-bond acceptors (Lipinski definition) is 2. The van der Waals surface area contributed by atoms with Gasteiger partial charge in [0.15, 0.2) is 5.78 Å². The van der Waals surface area contributed by atoms with Gasteiger partial charge in [0.2, 0.25) is 0 Å². The van der Waals surface area contributed by atoms with Gasteiger partial charge in [-0.25, -0.2) is 13.2 Å². The number of carbonyl (C=O) groups is 1. The van der Waals surface area contributed by atoms with Gasteiger partial charge in [-0.05, 0) is 38.0 Å². The molecule has 0 aliphatic rings. The fourth-order valence-electron chi connectivity index (χ4n) is 2.06. The van der Waals surface area contributed by atoms with Crippen LogP contribution in [0.15, 0.2) is 12.1 Å². The van der Waals surface area contributed by atoms with Crippen molar-refractivity contribution in [3.63, 3.8) is 0 Å². The summed E-state index contributed by atoms with van der Waals surface area (Å²) < 4.78 is 49.8. The lowest BCUT2D eigenvalue weighted by molar-refractivity contribution is 0.000538. The van der Waals surface area contributed by atoms with Gasteiger partial charge in [0.1, 0.15) is 5.82 Å². The molecule has 0 saturated carbocycles. The summed E-state index contributed by atoms with van der Waals surface area (Å²) in [5.41, 5.74) is 0.694. The average Bonchev–Trinajstić information content (AvgIpc) is 2.46. The third kappa shape index (κ3) is 7.48. The molecule has 0 fully saturated rings. The molecule has 0 spiro atoms. The van der Waals surface area contributed by atoms with Crippen molar-refractivity contribution >= 4 is 11.5 Å². The average molecular weight is 337 g/mol. The van der Waals surface area contributed by atoms with Crippen LogP contribution in [0.3, 0.4) is 0 Å². The Morgan fingerprint density at radius 3 is 2.04 bits per heavy atom. The Labute approximate surface area is 136 Å². The molecule has 134 valence electrons. The maximum Gasteiger partial charge on any atom is 0.265 e. The first-order valence-electron chi connectivity index (χ1n) is 7.50. The summed E-state index contributed by atoms with van der Waals surface area (Å²) in [5, 5.41) is 2.62. The second kappa shape index (κ2) is 11.0. The number of aryl methyl sites for hydroxylation is 1. The van der Waals surface area contributed by atoms with Gasteiger partial charge in [-0.15, -0.1) is 0 Å². The van der Waals surface area contributed by atoms with E-state index >= 15 is 0 Å². The van der Waals surface area contributed by atoms with Crippen molar-refractivity contribution in [1.82, 2.24) is 0 Å². The SMILES string of the molecule is CC.CCC(Nc1cc(C)c(C(C)=O)c(F)c1)C(C)(F)F.CF. The highest BCUT2D eigenvalue weighted by Crippen LogP contribution is 2.26. The number of halogens is 4. The summed E-state index contributed by atoms with van der Waals surface area (Å²) in [6, 6.07) is 1.52. The van der Waals surface area contributed by atoms with Crippen LogP contribution in [0.2, 0.25) is 0 Å². The van der Waals surface area contributed by atoms with E-state index in [1.165, 1.54) is 13.0 Å². The molecule has 1 unspecified atom stereocenters. The third-order valence-electron chi connectivity index (χ3n) is 3.00. The van der Waals surface area contributed by atoms with Crippen LogP contribution >= 0.6 is 0 Å². The molecule has 1 aromatic rings. The van der Waals surface area contributed by atoms with E-state index in [0.717, 1.165) is 13.0 Å². The summed E-state index contributed by atoms with van der Waals surface area (Å²) in [6.07, 6.45) is 0.207. The van der Waals surface area contributed by atoms with Crippen molar-refractivity contribution < 1.29 is 22.4 Å². The standard InChI is InChI=1S/C14H18F3NO.C2H6.CH3F/c1-5-12(14(4,16)17)18-10-6-8(2)13(9(3)19)11(15)7-10;2*1-2/h6-7,12,18H,5H2,1-4H3;1-2H3;1H3. The van der Waals surface area contributed by atoms with E-state index in [1.54, 1.807) is 13.8 Å². The van der Waals surface area contributed by atoms with Crippen molar-refractivity contribution in [3.8, 4) is 0 Å². The summed E-state index contributed by atoms with van der Waals surface area (Å²) >= 11 is 0. The summed E-state index contributed by atoms with van der Waals surface area (Å²) in [7, 11) is 0.500. The second-order valence-corrected chi connectivity index (χ2v) is 4.77. The molecule has 0 amide bonds. The number of benzene rings is 1. The van der Waals surface area contributed by atoms with Crippen LogP contribution in [0, 0.1) is 12.7 Å². The van der Waals surface area contributed by atoms with Crippen LogP contribution in [0.1, 0.15) is 57.0 Å². The first-order valence-corrected chi connectivity index (χ1v) is 7.50. The van der Waals surface area contributed by atoms with Crippen molar-refractivity contribution in [3.05, 3.63) is 29.1 Å². The number of alkyl halides is 3. The van der Waals surface area contributed by atoms with Gasteiger partial charge >= 0.3 is 0 Å². The molecule has 0 aliphatic carbocycles. The lowest BCUT2D eigenvalue weighted by Crippen LogP contribution is -2.36. The minimum absolute atomic E-state index is 0.00172. The Kier molecular flexibility index (Phi) is 11.3. The van der Waals surface area contributed by atoms with Gasteiger partial charge in [0.25, 0.3) is 5.92 Å². The smallest absolute Gasteiger partial charge is 0.265 e. The van der Waals surface area contributed by atoms with E-state index in [2.05, 4.69) is 5.32 Å². The van der Waals surface area contributed by atoms with E-state index in [9.17, 15) is 22.4 Å². The number of rotatable bonds is 5. The van der Waals surface area contributed by atoms with Crippen LogP contribution in [0.5, 0.6) is 0 Å². The van der Waals surface area contributed by atoms with E-state index in [1.807, 2.05) is 13.8 Å². The highest BCUT2D eigenvalue weighted by atomic mass is 19.3. The molecule has 0 aliphatic heterocycles. The van der Waals surface area contributed by atoms with Crippen molar-refractivity contribution in [1.29, 1.82) is 0 Å². The Balaban J connectivity index is 0. The van der Waals surface area contributed by atoms with E-state index < -0.39 is 17.8 Å². The Hall–Kier alpha value is -1.59. The quantitative estimate of drug-likeness (QED) is 0.544. The monoisotopic (exact) mass is 337 g/mol. The lowest BCUT2D eigenvalue weighted by Gasteiger charge is -2.25. The number of carbonyl (C=O) groups excluding carboxylic acids is 1. The number of anilines is 1. The minimum atomic E-state index is -2.90. The van der Waals surface area contributed by atoms with E-state index in [4.69, 9.17) is 0 Å². The predicted molar refractivity (Wildman–Crippen MR) is 87.8 cm³/mol. The first-order chi connectivity index (χ1) is 10.7. The van der Waals surface area contributed by atoms with Crippen molar-refractivity contribution in [2.45, 2.75) is 59.9 Å². The third-order valence-corrected chi connectivity index (χ3v) is 3.00. The van der Waals surface area contributed by atoms with Gasteiger partial charge in [0.05, 0.1) is 18.8 Å². The van der Waals surface area contributed by atoms with Crippen molar-refractivity contribution in [2.75, 3.05) is 12.5 Å². The molecule has 1 aromatic carbocycles. The van der Waals surface area contributed by atoms with E-state index in [0.29, 0.717) is 12.7 Å². The van der Waals surface area contributed by atoms with Crippen LogP contribution < -0.4 is 5.32 Å². The molecule has 1 rings (SSSR count). The molecule has 0 heterocycles. The highest BCUT2D eigenvalue weighted by Gasteiger charge is 2.32. The fraction of sp³-hybridized carbons (Fsp3) is 0.588. The summed E-state index contributed by atoms with van der Waals surface area (Å²) in [4.78, 5) is 11.3. The first kappa shape index (κ1) is 23.7.